The zero-order valence-corrected chi connectivity index (χ0v) is 16.6. The summed E-state index contributed by atoms with van der Waals surface area (Å²) >= 11 is 0. The summed E-state index contributed by atoms with van der Waals surface area (Å²) in [5.74, 6) is 0.364. The van der Waals surface area contributed by atoms with Gasteiger partial charge in [0.05, 0.1) is 17.2 Å². The lowest BCUT2D eigenvalue weighted by molar-refractivity contribution is 0.0964. The number of anilines is 1. The Morgan fingerprint density at radius 2 is 1.81 bits per heavy atom. The number of carbonyl (C=O) groups is 1. The van der Waals surface area contributed by atoms with Crippen molar-refractivity contribution < 1.29 is 17.6 Å². The van der Waals surface area contributed by atoms with E-state index >= 15 is 0 Å². The molecular weight excluding hydrogens is 366 g/mol. The van der Waals surface area contributed by atoms with Crippen LogP contribution in [0.2, 0.25) is 0 Å². The fourth-order valence-corrected chi connectivity index (χ4v) is 3.35. The van der Waals surface area contributed by atoms with Gasteiger partial charge >= 0.3 is 0 Å². The van der Waals surface area contributed by atoms with Crippen LogP contribution < -0.4 is 9.62 Å². The van der Waals surface area contributed by atoms with Crippen molar-refractivity contribution in [1.29, 1.82) is 0 Å². The summed E-state index contributed by atoms with van der Waals surface area (Å²) in [7, 11) is -0.500. The number of hydrogen-bond acceptors (Lipinski definition) is 5. The van der Waals surface area contributed by atoms with Crippen LogP contribution in [0, 0.1) is 13.8 Å². The molecule has 1 aromatic carbocycles. The predicted octanol–water partition coefficient (Wildman–Crippen LogP) is 2.87. The fourth-order valence-electron chi connectivity index (χ4n) is 2.85. The van der Waals surface area contributed by atoms with E-state index in [9.17, 15) is 13.2 Å². The summed E-state index contributed by atoms with van der Waals surface area (Å²) in [6, 6.07) is 9.33. The molecule has 0 unspecified atom stereocenters. The van der Waals surface area contributed by atoms with Crippen molar-refractivity contribution in [3.05, 3.63) is 47.0 Å². The van der Waals surface area contributed by atoms with Crippen molar-refractivity contribution in [3.63, 3.8) is 0 Å². The molecule has 8 heteroatoms. The molecule has 7 nitrogen and oxygen atoms in total. The van der Waals surface area contributed by atoms with Crippen molar-refractivity contribution in [2.75, 3.05) is 24.7 Å². The van der Waals surface area contributed by atoms with Crippen LogP contribution in [-0.4, -0.2) is 39.7 Å². The Morgan fingerprint density at radius 1 is 1.19 bits per heavy atom. The minimum Gasteiger partial charge on any atom is -0.437 e. The normalized spacial score (nSPS) is 11.6. The quantitative estimate of drug-likeness (QED) is 0.743. The molecular formula is C19H21N3O4S. The number of amides is 1. The second-order valence-corrected chi connectivity index (χ2v) is 8.48. The van der Waals surface area contributed by atoms with E-state index < -0.39 is 10.0 Å². The van der Waals surface area contributed by atoms with Crippen LogP contribution in [0.4, 0.5) is 5.82 Å². The van der Waals surface area contributed by atoms with E-state index in [1.54, 1.807) is 20.0 Å². The monoisotopic (exact) mass is 387 g/mol. The molecule has 1 amide bonds. The van der Waals surface area contributed by atoms with Gasteiger partial charge in [0.15, 0.2) is 0 Å². The molecule has 0 aliphatic heterocycles. The van der Waals surface area contributed by atoms with Crippen LogP contribution in [0.1, 0.15) is 21.5 Å². The van der Waals surface area contributed by atoms with Gasteiger partial charge in [-0.15, -0.1) is 0 Å². The Balaban J connectivity index is 2.30. The number of fused-ring (bicyclic) bond motifs is 1. The van der Waals surface area contributed by atoms with Crippen molar-refractivity contribution in [3.8, 4) is 11.3 Å². The number of nitrogens with zero attached hydrogens (tertiary/aromatic N) is 2. The Morgan fingerprint density at radius 3 is 2.37 bits per heavy atom. The van der Waals surface area contributed by atoms with Crippen LogP contribution >= 0.6 is 0 Å². The number of nitrogens with one attached hydrogen (secondary N) is 1. The van der Waals surface area contributed by atoms with E-state index in [-0.39, 0.29) is 17.4 Å². The first kappa shape index (κ1) is 18.9. The molecule has 0 bridgehead atoms. The molecule has 2 aromatic heterocycles. The van der Waals surface area contributed by atoms with Gasteiger partial charge in [0, 0.05) is 19.7 Å². The molecule has 3 rings (SSSR count). The summed E-state index contributed by atoms with van der Waals surface area (Å²) in [5.41, 5.74) is 3.04. The van der Waals surface area contributed by atoms with E-state index in [0.717, 1.165) is 21.7 Å². The van der Waals surface area contributed by atoms with Gasteiger partial charge in [-0.1, -0.05) is 29.8 Å². The molecule has 1 N–H and O–H groups in total. The largest absolute Gasteiger partial charge is 0.437 e. The fraction of sp³-hybridized carbons (Fsp3) is 0.263. The lowest BCUT2D eigenvalue weighted by Crippen LogP contribution is -2.26. The van der Waals surface area contributed by atoms with Gasteiger partial charge in [-0.3, -0.25) is 9.10 Å². The predicted molar refractivity (Wildman–Crippen MR) is 106 cm³/mol. The number of aromatic nitrogens is 1. The Kier molecular flexibility index (Phi) is 4.69. The van der Waals surface area contributed by atoms with E-state index in [2.05, 4.69) is 10.3 Å². The molecule has 2 heterocycles. The highest BCUT2D eigenvalue weighted by molar-refractivity contribution is 7.92. The second-order valence-electron chi connectivity index (χ2n) is 6.46. The summed E-state index contributed by atoms with van der Waals surface area (Å²) in [4.78, 5) is 16.9. The number of rotatable bonds is 4. The smallest absolute Gasteiger partial charge is 0.255 e. The van der Waals surface area contributed by atoms with E-state index in [1.165, 1.54) is 7.05 Å². The van der Waals surface area contributed by atoms with Crippen molar-refractivity contribution in [2.24, 2.45) is 0 Å². The Hall–Kier alpha value is -2.87. The number of carbonyl (C=O) groups excluding carboxylic acids is 1. The maximum absolute atomic E-state index is 12.5. The molecule has 3 aromatic rings. The standard InChI is InChI=1S/C19H21N3O4S/c1-11-6-8-13(9-7-11)16-15(18(23)20-3)14-10-12(2)17(21-19(14)26-16)22(4)27(5,24)25/h6-10H,1-5H3,(H,20,23). The molecule has 0 saturated carbocycles. The average Bonchev–Trinajstić information content (AvgIpc) is 2.97. The minimum absolute atomic E-state index is 0.209. The number of hydrogen-bond donors (Lipinski definition) is 1. The summed E-state index contributed by atoms with van der Waals surface area (Å²) in [5, 5.41) is 3.16. The molecule has 142 valence electrons. The Labute approximate surface area is 158 Å². The third-order valence-electron chi connectivity index (χ3n) is 4.41. The topological polar surface area (TPSA) is 92.5 Å². The second kappa shape index (κ2) is 6.70. The van der Waals surface area contributed by atoms with E-state index in [4.69, 9.17) is 4.42 Å². The molecule has 27 heavy (non-hydrogen) atoms. The summed E-state index contributed by atoms with van der Waals surface area (Å²) in [6.07, 6.45) is 1.11. The number of benzene rings is 1. The number of sulfonamides is 1. The van der Waals surface area contributed by atoms with Crippen LogP contribution in [0.25, 0.3) is 22.4 Å². The SMILES string of the molecule is CNC(=O)c1c(-c2ccc(C)cc2)oc2nc(N(C)S(C)(=O)=O)c(C)cc12. The molecule has 0 fully saturated rings. The molecule has 0 spiro atoms. The lowest BCUT2D eigenvalue weighted by Gasteiger charge is -2.17. The van der Waals surface area contributed by atoms with Crippen LogP contribution in [0.3, 0.4) is 0 Å². The van der Waals surface area contributed by atoms with Gasteiger partial charge in [-0.25, -0.2) is 8.42 Å². The number of aryl methyl sites for hydroxylation is 2. The number of furan rings is 1. The average molecular weight is 387 g/mol. The van der Waals surface area contributed by atoms with Crippen molar-refractivity contribution >= 4 is 32.8 Å². The minimum atomic E-state index is -3.48. The first-order chi connectivity index (χ1) is 12.6. The van der Waals surface area contributed by atoms with Crippen LogP contribution in [0.5, 0.6) is 0 Å². The molecule has 0 aliphatic rings. The van der Waals surface area contributed by atoms with Gasteiger partial charge in [-0.05, 0) is 25.5 Å². The summed E-state index contributed by atoms with van der Waals surface area (Å²) < 4.78 is 30.8. The van der Waals surface area contributed by atoms with Gasteiger partial charge in [0.1, 0.15) is 11.6 Å². The van der Waals surface area contributed by atoms with Crippen molar-refractivity contribution in [2.45, 2.75) is 13.8 Å². The van der Waals surface area contributed by atoms with Gasteiger partial charge < -0.3 is 9.73 Å². The van der Waals surface area contributed by atoms with Crippen molar-refractivity contribution in [1.82, 2.24) is 10.3 Å². The van der Waals surface area contributed by atoms with Crippen LogP contribution in [0.15, 0.2) is 34.7 Å². The third kappa shape index (κ3) is 3.40. The van der Waals surface area contributed by atoms with Gasteiger partial charge in [0.25, 0.3) is 5.91 Å². The first-order valence-electron chi connectivity index (χ1n) is 8.30. The first-order valence-corrected chi connectivity index (χ1v) is 10.2. The molecule has 0 radical (unpaired) electrons. The highest BCUT2D eigenvalue weighted by Gasteiger charge is 2.25. The number of pyridine rings is 1. The zero-order chi connectivity index (χ0) is 19.9. The zero-order valence-electron chi connectivity index (χ0n) is 15.8. The highest BCUT2D eigenvalue weighted by Crippen LogP contribution is 2.35. The highest BCUT2D eigenvalue weighted by atomic mass is 32.2. The molecule has 0 atom stereocenters. The van der Waals surface area contributed by atoms with E-state index in [1.807, 2.05) is 31.2 Å². The van der Waals surface area contributed by atoms with Crippen LogP contribution in [-0.2, 0) is 10.0 Å². The van der Waals surface area contributed by atoms with Gasteiger partial charge in [-0.2, -0.15) is 4.98 Å². The summed E-state index contributed by atoms with van der Waals surface area (Å²) in [6.45, 7) is 3.72. The van der Waals surface area contributed by atoms with E-state index in [0.29, 0.717) is 22.3 Å². The molecule has 0 saturated heterocycles. The molecule has 0 aliphatic carbocycles. The lowest BCUT2D eigenvalue weighted by atomic mass is 10.0. The van der Waals surface area contributed by atoms with Gasteiger partial charge in [0.2, 0.25) is 15.7 Å². The Bertz CT molecular complexity index is 1130. The maximum atomic E-state index is 12.5. The maximum Gasteiger partial charge on any atom is 0.255 e. The third-order valence-corrected chi connectivity index (χ3v) is 5.58.